The molecule has 0 unspecified atom stereocenters. The van der Waals surface area contributed by atoms with E-state index in [1.165, 1.54) is 0 Å². The minimum atomic E-state index is 0.541. The van der Waals surface area contributed by atoms with Gasteiger partial charge in [0.1, 0.15) is 11.6 Å². The molecule has 0 spiro atoms. The van der Waals surface area contributed by atoms with Gasteiger partial charge in [-0.05, 0) is 31.9 Å². The van der Waals surface area contributed by atoms with Crippen LogP contribution in [0.25, 0.3) is 0 Å². The van der Waals surface area contributed by atoms with Crippen LogP contribution in [0.4, 0.5) is 17.5 Å². The van der Waals surface area contributed by atoms with Crippen molar-refractivity contribution in [2.45, 2.75) is 27.7 Å². The molecule has 2 N–H and O–H groups in total. The maximum atomic E-state index is 5.63. The van der Waals surface area contributed by atoms with Crippen LogP contribution in [0.2, 0.25) is 0 Å². The summed E-state index contributed by atoms with van der Waals surface area (Å²) in [7, 11) is 0. The number of aromatic nitrogens is 2. The molecule has 22 heavy (non-hydrogen) atoms. The minimum absolute atomic E-state index is 0.541. The summed E-state index contributed by atoms with van der Waals surface area (Å²) in [5.41, 5.74) is 1.81. The molecule has 0 aliphatic rings. The van der Waals surface area contributed by atoms with Crippen molar-refractivity contribution >= 4 is 17.5 Å². The number of ether oxygens (including phenoxy) is 1. The van der Waals surface area contributed by atoms with E-state index < -0.39 is 0 Å². The zero-order valence-corrected chi connectivity index (χ0v) is 13.7. The number of hydrogen-bond donors (Lipinski definition) is 2. The Kier molecular flexibility index (Phi) is 5.58. The molecule has 1 heterocycles. The molecule has 5 nitrogen and oxygen atoms in total. The molecule has 2 aromatic rings. The zero-order chi connectivity index (χ0) is 15.9. The molecular weight excluding hydrogens is 276 g/mol. The Hall–Kier alpha value is -2.30. The number of para-hydroxylation sites is 2. The van der Waals surface area contributed by atoms with Crippen molar-refractivity contribution in [2.24, 2.45) is 5.92 Å². The van der Waals surface area contributed by atoms with Crippen LogP contribution in [-0.2, 0) is 0 Å². The Balaban J connectivity index is 2.19. The summed E-state index contributed by atoms with van der Waals surface area (Å²) in [5.74, 6) is 2.76. The van der Waals surface area contributed by atoms with E-state index in [0.717, 1.165) is 29.5 Å². The van der Waals surface area contributed by atoms with Crippen molar-refractivity contribution in [2.75, 3.05) is 23.8 Å². The number of nitrogens with zero attached hydrogens (tertiary/aromatic N) is 2. The van der Waals surface area contributed by atoms with E-state index in [0.29, 0.717) is 18.5 Å². The van der Waals surface area contributed by atoms with E-state index in [4.69, 9.17) is 4.74 Å². The zero-order valence-electron chi connectivity index (χ0n) is 13.7. The van der Waals surface area contributed by atoms with Crippen molar-refractivity contribution in [3.8, 4) is 5.75 Å². The first-order valence-corrected chi connectivity index (χ1v) is 7.67. The number of nitrogens with one attached hydrogen (secondary N) is 2. The molecule has 0 aliphatic carbocycles. The number of hydrogen-bond acceptors (Lipinski definition) is 5. The summed E-state index contributed by atoms with van der Waals surface area (Å²) in [6.45, 7) is 9.71. The van der Waals surface area contributed by atoms with Gasteiger partial charge in [0.2, 0.25) is 5.95 Å². The molecule has 118 valence electrons. The van der Waals surface area contributed by atoms with Crippen molar-refractivity contribution in [1.29, 1.82) is 0 Å². The van der Waals surface area contributed by atoms with Crippen molar-refractivity contribution in [3.63, 3.8) is 0 Å². The van der Waals surface area contributed by atoms with E-state index >= 15 is 0 Å². The van der Waals surface area contributed by atoms with Gasteiger partial charge in [0.25, 0.3) is 0 Å². The van der Waals surface area contributed by atoms with Crippen molar-refractivity contribution < 1.29 is 4.74 Å². The second-order valence-electron chi connectivity index (χ2n) is 5.55. The van der Waals surface area contributed by atoms with Gasteiger partial charge in [-0.1, -0.05) is 26.0 Å². The summed E-state index contributed by atoms with van der Waals surface area (Å²) in [6.07, 6.45) is 0. The highest BCUT2D eigenvalue weighted by atomic mass is 16.5. The quantitative estimate of drug-likeness (QED) is 0.809. The van der Waals surface area contributed by atoms with Gasteiger partial charge < -0.3 is 15.4 Å². The predicted molar refractivity (Wildman–Crippen MR) is 91.0 cm³/mol. The molecular formula is C17H24N4O. The fourth-order valence-electron chi connectivity index (χ4n) is 2.00. The Morgan fingerprint density at radius 2 is 1.95 bits per heavy atom. The van der Waals surface area contributed by atoms with Gasteiger partial charge in [-0.2, -0.15) is 4.98 Å². The molecule has 2 rings (SSSR count). The molecule has 0 amide bonds. The second kappa shape index (κ2) is 7.64. The molecule has 0 saturated carbocycles. The van der Waals surface area contributed by atoms with Crippen LogP contribution in [0.3, 0.4) is 0 Å². The highest BCUT2D eigenvalue weighted by Crippen LogP contribution is 2.27. The lowest BCUT2D eigenvalue weighted by Gasteiger charge is -2.13. The predicted octanol–water partition coefficient (Wildman–Crippen LogP) is 4.00. The standard InChI is InChI=1S/C17H24N4O/c1-5-22-15-9-7-6-8-14(15)20-16-10-13(4)19-17(21-16)18-11-12(2)3/h6-10,12H,5,11H2,1-4H3,(H2,18,19,20,21). The third-order valence-corrected chi connectivity index (χ3v) is 2.97. The molecule has 5 heteroatoms. The minimum Gasteiger partial charge on any atom is -0.492 e. The van der Waals surface area contributed by atoms with Gasteiger partial charge in [-0.3, -0.25) is 0 Å². The van der Waals surface area contributed by atoms with Crippen LogP contribution in [0.5, 0.6) is 5.75 Å². The van der Waals surface area contributed by atoms with E-state index in [-0.39, 0.29) is 0 Å². The third-order valence-electron chi connectivity index (χ3n) is 2.97. The third kappa shape index (κ3) is 4.62. The number of aryl methyl sites for hydroxylation is 1. The lowest BCUT2D eigenvalue weighted by molar-refractivity contribution is 0.342. The maximum absolute atomic E-state index is 5.63. The smallest absolute Gasteiger partial charge is 0.224 e. The van der Waals surface area contributed by atoms with Gasteiger partial charge in [-0.25, -0.2) is 4.98 Å². The highest BCUT2D eigenvalue weighted by molar-refractivity contribution is 5.64. The first-order valence-electron chi connectivity index (χ1n) is 7.67. The summed E-state index contributed by atoms with van der Waals surface area (Å²) >= 11 is 0. The van der Waals surface area contributed by atoms with Crippen LogP contribution < -0.4 is 15.4 Å². The van der Waals surface area contributed by atoms with Gasteiger partial charge in [0.15, 0.2) is 0 Å². The molecule has 0 aliphatic heterocycles. The molecule has 0 bridgehead atoms. The SMILES string of the molecule is CCOc1ccccc1Nc1cc(C)nc(NCC(C)C)n1. The highest BCUT2D eigenvalue weighted by Gasteiger charge is 2.06. The van der Waals surface area contributed by atoms with Crippen LogP contribution in [0, 0.1) is 12.8 Å². The molecule has 1 aromatic heterocycles. The maximum Gasteiger partial charge on any atom is 0.224 e. The number of benzene rings is 1. The summed E-state index contributed by atoms with van der Waals surface area (Å²) in [6, 6.07) is 9.76. The fourth-order valence-corrected chi connectivity index (χ4v) is 2.00. The van der Waals surface area contributed by atoms with Crippen molar-refractivity contribution in [1.82, 2.24) is 9.97 Å². The molecule has 0 saturated heterocycles. The summed E-state index contributed by atoms with van der Waals surface area (Å²) < 4.78 is 5.63. The van der Waals surface area contributed by atoms with Crippen molar-refractivity contribution in [3.05, 3.63) is 36.0 Å². The first kappa shape index (κ1) is 16.1. The average molecular weight is 300 g/mol. The Morgan fingerprint density at radius 1 is 1.18 bits per heavy atom. The van der Waals surface area contributed by atoms with Crippen LogP contribution in [-0.4, -0.2) is 23.1 Å². The van der Waals surface area contributed by atoms with Crippen LogP contribution in [0.15, 0.2) is 30.3 Å². The average Bonchev–Trinajstić information content (AvgIpc) is 2.47. The molecule has 0 radical (unpaired) electrons. The fraction of sp³-hybridized carbons (Fsp3) is 0.412. The van der Waals surface area contributed by atoms with E-state index in [1.54, 1.807) is 0 Å². The van der Waals surface area contributed by atoms with E-state index in [9.17, 15) is 0 Å². The van der Waals surface area contributed by atoms with Gasteiger partial charge in [0, 0.05) is 18.3 Å². The van der Waals surface area contributed by atoms with Crippen LogP contribution >= 0.6 is 0 Å². The Morgan fingerprint density at radius 3 is 2.68 bits per heavy atom. The second-order valence-corrected chi connectivity index (χ2v) is 5.55. The first-order chi connectivity index (χ1) is 10.6. The topological polar surface area (TPSA) is 59.1 Å². The Labute approximate surface area is 132 Å². The van der Waals surface area contributed by atoms with E-state index in [2.05, 4.69) is 34.4 Å². The lowest BCUT2D eigenvalue weighted by atomic mass is 10.2. The van der Waals surface area contributed by atoms with Gasteiger partial charge in [-0.15, -0.1) is 0 Å². The normalized spacial score (nSPS) is 10.6. The summed E-state index contributed by atoms with van der Waals surface area (Å²) in [5, 5.41) is 6.57. The number of anilines is 3. The van der Waals surface area contributed by atoms with Crippen LogP contribution in [0.1, 0.15) is 26.5 Å². The van der Waals surface area contributed by atoms with E-state index in [1.807, 2.05) is 44.2 Å². The van der Waals surface area contributed by atoms with Gasteiger partial charge in [0.05, 0.1) is 12.3 Å². The lowest BCUT2D eigenvalue weighted by Crippen LogP contribution is -2.11. The number of rotatable bonds is 7. The monoisotopic (exact) mass is 300 g/mol. The molecule has 0 atom stereocenters. The Bertz CT molecular complexity index is 613. The largest absolute Gasteiger partial charge is 0.492 e. The molecule has 1 aromatic carbocycles. The summed E-state index contributed by atoms with van der Waals surface area (Å²) in [4.78, 5) is 8.93. The molecule has 0 fully saturated rings. The van der Waals surface area contributed by atoms with Gasteiger partial charge >= 0.3 is 0 Å².